The Morgan fingerprint density at radius 1 is 1.24 bits per heavy atom. The molecule has 2 aliphatic rings. The molecule has 0 bridgehead atoms. The number of nitrogens with one attached hydrogen (secondary N) is 2. The molecule has 0 aliphatic carbocycles. The Hall–Kier alpha value is -2.08. The van der Waals surface area contributed by atoms with Gasteiger partial charge in [-0.05, 0) is 37.3 Å². The molecule has 6 nitrogen and oxygen atoms in total. The molecule has 2 N–H and O–H groups in total. The third-order valence-electron chi connectivity index (χ3n) is 5.00. The Morgan fingerprint density at radius 3 is 2.92 bits per heavy atom. The van der Waals surface area contributed by atoms with Crippen molar-refractivity contribution in [1.29, 1.82) is 0 Å². The maximum absolute atomic E-state index is 12.2. The average Bonchev–Trinajstić information content (AvgIpc) is 2.93. The van der Waals surface area contributed by atoms with E-state index in [1.807, 2.05) is 6.07 Å². The predicted octanol–water partition coefficient (Wildman–Crippen LogP) is 1.43. The summed E-state index contributed by atoms with van der Waals surface area (Å²) < 4.78 is 0. The third-order valence-corrected chi connectivity index (χ3v) is 5.00. The molecule has 1 aromatic rings. The van der Waals surface area contributed by atoms with E-state index in [4.69, 9.17) is 0 Å². The Labute approximate surface area is 149 Å². The maximum atomic E-state index is 12.2. The summed E-state index contributed by atoms with van der Waals surface area (Å²) in [5, 5.41) is 5.77. The molecular weight excluding hydrogens is 316 g/mol. The van der Waals surface area contributed by atoms with Crippen molar-refractivity contribution in [3.8, 4) is 0 Å². The van der Waals surface area contributed by atoms with Gasteiger partial charge in [-0.15, -0.1) is 0 Å². The number of likely N-dealkylation sites (tertiary alicyclic amines) is 1. The molecule has 2 saturated heterocycles. The number of hydrogen-bond donors (Lipinski definition) is 2. The zero-order valence-corrected chi connectivity index (χ0v) is 14.7. The van der Waals surface area contributed by atoms with Crippen LogP contribution in [0.25, 0.3) is 0 Å². The number of rotatable bonds is 5. The topological polar surface area (TPSA) is 64.7 Å². The quantitative estimate of drug-likeness (QED) is 0.849. The minimum absolute atomic E-state index is 0.0694. The smallest absolute Gasteiger partial charge is 0.317 e. The number of nitrogens with zero attached hydrogens (tertiary/aromatic N) is 2. The van der Waals surface area contributed by atoms with E-state index in [9.17, 15) is 9.59 Å². The van der Waals surface area contributed by atoms with Gasteiger partial charge in [-0.3, -0.25) is 9.69 Å². The lowest BCUT2D eigenvalue weighted by molar-refractivity contribution is -0.121. The van der Waals surface area contributed by atoms with E-state index in [0.717, 1.165) is 32.5 Å². The van der Waals surface area contributed by atoms with Gasteiger partial charge in [-0.25, -0.2) is 4.79 Å². The van der Waals surface area contributed by atoms with E-state index < -0.39 is 0 Å². The second-order valence-corrected chi connectivity index (χ2v) is 7.02. The van der Waals surface area contributed by atoms with Crippen LogP contribution in [0.5, 0.6) is 0 Å². The van der Waals surface area contributed by atoms with Gasteiger partial charge in [0.2, 0.25) is 5.91 Å². The lowest BCUT2D eigenvalue weighted by Crippen LogP contribution is -2.44. The van der Waals surface area contributed by atoms with Crippen molar-refractivity contribution < 1.29 is 9.59 Å². The number of carbonyl (C=O) groups is 2. The van der Waals surface area contributed by atoms with Crippen LogP contribution in [0.1, 0.15) is 24.8 Å². The standard InChI is InChI=1S/C19H28N4O2/c24-18-15-23(11-4-9-20-18)19(25)21-10-7-17-8-12-22(14-17)13-16-5-2-1-3-6-16/h1-3,5-6,17H,4,7-15H2,(H,20,24)(H,21,25)/t17-/m0/s1. The number of benzene rings is 1. The molecule has 1 atom stereocenters. The number of urea groups is 1. The van der Waals surface area contributed by atoms with Crippen LogP contribution in [-0.2, 0) is 11.3 Å². The minimum atomic E-state index is -0.115. The maximum Gasteiger partial charge on any atom is 0.317 e. The van der Waals surface area contributed by atoms with E-state index in [1.165, 1.54) is 12.0 Å². The van der Waals surface area contributed by atoms with Crippen molar-refractivity contribution in [3.63, 3.8) is 0 Å². The first-order valence-corrected chi connectivity index (χ1v) is 9.26. The van der Waals surface area contributed by atoms with Crippen LogP contribution in [0.2, 0.25) is 0 Å². The van der Waals surface area contributed by atoms with Crippen molar-refractivity contribution in [3.05, 3.63) is 35.9 Å². The Bertz CT molecular complexity index is 578. The monoisotopic (exact) mass is 344 g/mol. The van der Waals surface area contributed by atoms with Crippen LogP contribution in [-0.4, -0.2) is 61.0 Å². The summed E-state index contributed by atoms with van der Waals surface area (Å²) in [6, 6.07) is 10.4. The summed E-state index contributed by atoms with van der Waals surface area (Å²) in [5.74, 6) is 0.566. The number of amides is 3. The molecule has 0 unspecified atom stereocenters. The van der Waals surface area contributed by atoms with Gasteiger partial charge in [-0.1, -0.05) is 30.3 Å². The average molecular weight is 344 g/mol. The van der Waals surface area contributed by atoms with Crippen LogP contribution in [0.4, 0.5) is 4.79 Å². The van der Waals surface area contributed by atoms with E-state index in [-0.39, 0.29) is 18.5 Å². The van der Waals surface area contributed by atoms with E-state index in [1.54, 1.807) is 4.90 Å². The molecule has 1 aromatic carbocycles. The summed E-state index contributed by atoms with van der Waals surface area (Å²) in [6.45, 7) is 5.37. The molecule has 136 valence electrons. The molecule has 0 spiro atoms. The molecule has 2 heterocycles. The highest BCUT2D eigenvalue weighted by atomic mass is 16.2. The molecule has 2 aliphatic heterocycles. The fraction of sp³-hybridized carbons (Fsp3) is 0.579. The van der Waals surface area contributed by atoms with Crippen molar-refractivity contribution in [1.82, 2.24) is 20.4 Å². The first-order chi connectivity index (χ1) is 12.2. The molecule has 3 amide bonds. The van der Waals surface area contributed by atoms with Crippen molar-refractivity contribution >= 4 is 11.9 Å². The molecule has 0 saturated carbocycles. The molecule has 25 heavy (non-hydrogen) atoms. The molecule has 0 radical (unpaired) electrons. The second kappa shape index (κ2) is 8.85. The fourth-order valence-electron chi connectivity index (χ4n) is 3.61. The van der Waals surface area contributed by atoms with Crippen molar-refractivity contribution in [2.24, 2.45) is 5.92 Å². The first-order valence-electron chi connectivity index (χ1n) is 9.26. The van der Waals surface area contributed by atoms with Crippen LogP contribution in [0.3, 0.4) is 0 Å². The second-order valence-electron chi connectivity index (χ2n) is 7.02. The summed E-state index contributed by atoms with van der Waals surface area (Å²) in [7, 11) is 0. The highest BCUT2D eigenvalue weighted by Crippen LogP contribution is 2.21. The van der Waals surface area contributed by atoms with Crippen LogP contribution < -0.4 is 10.6 Å². The van der Waals surface area contributed by atoms with Crippen LogP contribution >= 0.6 is 0 Å². The van der Waals surface area contributed by atoms with Crippen molar-refractivity contribution in [2.75, 3.05) is 39.3 Å². The predicted molar refractivity (Wildman–Crippen MR) is 97.0 cm³/mol. The summed E-state index contributed by atoms with van der Waals surface area (Å²) in [6.07, 6.45) is 3.00. The van der Waals surface area contributed by atoms with Gasteiger partial charge in [-0.2, -0.15) is 0 Å². The zero-order chi connectivity index (χ0) is 17.5. The molecule has 3 rings (SSSR count). The Kier molecular flexibility index (Phi) is 6.28. The van der Waals surface area contributed by atoms with Crippen LogP contribution in [0.15, 0.2) is 30.3 Å². The van der Waals surface area contributed by atoms with Gasteiger partial charge < -0.3 is 15.5 Å². The lowest BCUT2D eigenvalue weighted by Gasteiger charge is -2.20. The molecule has 2 fully saturated rings. The Balaban J connectivity index is 1.35. The normalized spacial score (nSPS) is 21.7. The number of hydrogen-bond acceptors (Lipinski definition) is 3. The highest BCUT2D eigenvalue weighted by molar-refractivity contribution is 5.84. The first kappa shape index (κ1) is 17.7. The largest absolute Gasteiger partial charge is 0.354 e. The highest BCUT2D eigenvalue weighted by Gasteiger charge is 2.23. The summed E-state index contributed by atoms with van der Waals surface area (Å²) in [4.78, 5) is 27.8. The van der Waals surface area contributed by atoms with E-state index >= 15 is 0 Å². The van der Waals surface area contributed by atoms with Crippen molar-refractivity contribution in [2.45, 2.75) is 25.8 Å². The third kappa shape index (κ3) is 5.46. The summed E-state index contributed by atoms with van der Waals surface area (Å²) in [5.41, 5.74) is 1.36. The Morgan fingerprint density at radius 2 is 2.08 bits per heavy atom. The van der Waals surface area contributed by atoms with Gasteiger partial charge in [0.05, 0.1) is 0 Å². The SMILES string of the molecule is O=C1CN(C(=O)NCC[C@H]2CCN(Cc3ccccc3)C2)CCCN1. The minimum Gasteiger partial charge on any atom is -0.354 e. The van der Waals surface area contributed by atoms with Gasteiger partial charge in [0.25, 0.3) is 0 Å². The van der Waals surface area contributed by atoms with Gasteiger partial charge in [0.1, 0.15) is 6.54 Å². The molecular formula is C19H28N4O2. The number of carbonyl (C=O) groups excluding carboxylic acids is 2. The molecule has 6 heteroatoms. The van der Waals surface area contributed by atoms with Gasteiger partial charge >= 0.3 is 6.03 Å². The van der Waals surface area contributed by atoms with Gasteiger partial charge in [0, 0.05) is 32.7 Å². The fourth-order valence-corrected chi connectivity index (χ4v) is 3.61. The van der Waals surface area contributed by atoms with E-state index in [0.29, 0.717) is 25.6 Å². The van der Waals surface area contributed by atoms with Gasteiger partial charge in [0.15, 0.2) is 0 Å². The summed E-state index contributed by atoms with van der Waals surface area (Å²) >= 11 is 0. The van der Waals surface area contributed by atoms with E-state index in [2.05, 4.69) is 39.8 Å². The molecule has 0 aromatic heterocycles. The van der Waals surface area contributed by atoms with Crippen LogP contribution in [0, 0.1) is 5.92 Å². The zero-order valence-electron chi connectivity index (χ0n) is 14.7. The lowest BCUT2D eigenvalue weighted by atomic mass is 10.1.